The normalized spacial score (nSPS) is 29.7. The lowest BCUT2D eigenvalue weighted by Gasteiger charge is -2.42. The van der Waals surface area contributed by atoms with Crippen molar-refractivity contribution < 1.29 is 14.6 Å². The third kappa shape index (κ3) is 4.19. The first-order valence-electron chi connectivity index (χ1n) is 8.21. The molecule has 7 nitrogen and oxygen atoms in total. The van der Waals surface area contributed by atoms with Gasteiger partial charge in [-0.3, -0.25) is 9.69 Å². The first-order valence-corrected chi connectivity index (χ1v) is 8.21. The molecule has 1 aliphatic carbocycles. The standard InChI is InChI=1S/C16H24N4O3/c21-15(5-4-12-10-17-11-18-12)19-13-2-1-3-14(16(13)22)20-6-8-23-9-7-20/h4-5,10-11,13-14,16,22H,1-3,6-9H2,(H,17,18)(H,19,21)/b5-4+/t13-,14-,16-/m1/s1. The molecule has 3 rings (SSSR count). The molecule has 1 saturated heterocycles. The maximum absolute atomic E-state index is 12.1. The largest absolute Gasteiger partial charge is 0.389 e. The second kappa shape index (κ2) is 7.72. The Morgan fingerprint density at radius 3 is 3.00 bits per heavy atom. The van der Waals surface area contributed by atoms with Crippen LogP contribution in [-0.4, -0.2) is 70.4 Å². The summed E-state index contributed by atoms with van der Waals surface area (Å²) in [7, 11) is 0. The van der Waals surface area contributed by atoms with Crippen LogP contribution in [-0.2, 0) is 9.53 Å². The number of imidazole rings is 1. The summed E-state index contributed by atoms with van der Waals surface area (Å²) < 4.78 is 5.37. The van der Waals surface area contributed by atoms with Gasteiger partial charge in [0.15, 0.2) is 0 Å². The molecule has 0 aromatic carbocycles. The third-order valence-electron chi connectivity index (χ3n) is 4.60. The molecular weight excluding hydrogens is 296 g/mol. The fraction of sp³-hybridized carbons (Fsp3) is 0.625. The minimum atomic E-state index is -0.536. The number of nitrogens with zero attached hydrogens (tertiary/aromatic N) is 2. The van der Waals surface area contributed by atoms with E-state index in [4.69, 9.17) is 4.74 Å². The summed E-state index contributed by atoms with van der Waals surface area (Å²) in [5.41, 5.74) is 0.774. The zero-order valence-corrected chi connectivity index (χ0v) is 13.1. The molecule has 0 unspecified atom stereocenters. The number of carbonyl (C=O) groups excluding carboxylic acids is 1. The second-order valence-electron chi connectivity index (χ2n) is 6.09. The molecule has 1 amide bonds. The van der Waals surface area contributed by atoms with Crippen LogP contribution in [0.15, 0.2) is 18.6 Å². The molecule has 2 fully saturated rings. The Morgan fingerprint density at radius 1 is 1.43 bits per heavy atom. The van der Waals surface area contributed by atoms with E-state index < -0.39 is 6.10 Å². The number of hydrogen-bond donors (Lipinski definition) is 3. The number of morpholine rings is 1. The van der Waals surface area contributed by atoms with E-state index >= 15 is 0 Å². The zero-order valence-electron chi connectivity index (χ0n) is 13.1. The van der Waals surface area contributed by atoms with E-state index in [-0.39, 0.29) is 18.0 Å². The van der Waals surface area contributed by atoms with Crippen molar-refractivity contribution >= 4 is 12.0 Å². The van der Waals surface area contributed by atoms with Crippen molar-refractivity contribution in [2.75, 3.05) is 26.3 Å². The smallest absolute Gasteiger partial charge is 0.244 e. The number of aliphatic hydroxyl groups is 1. The highest BCUT2D eigenvalue weighted by Gasteiger charge is 2.36. The van der Waals surface area contributed by atoms with Crippen molar-refractivity contribution in [3.05, 3.63) is 24.3 Å². The number of aromatic nitrogens is 2. The predicted molar refractivity (Wildman–Crippen MR) is 85.6 cm³/mol. The number of amides is 1. The van der Waals surface area contributed by atoms with Crippen LogP contribution in [0.3, 0.4) is 0 Å². The number of ether oxygens (including phenoxy) is 1. The number of aliphatic hydroxyl groups excluding tert-OH is 1. The van der Waals surface area contributed by atoms with Crippen LogP contribution in [0, 0.1) is 0 Å². The summed E-state index contributed by atoms with van der Waals surface area (Å²) in [6, 6.07) is -0.0925. The molecule has 0 spiro atoms. The molecule has 0 radical (unpaired) electrons. The lowest BCUT2D eigenvalue weighted by Crippen LogP contribution is -2.58. The van der Waals surface area contributed by atoms with Crippen LogP contribution >= 0.6 is 0 Å². The minimum absolute atomic E-state index is 0.106. The summed E-state index contributed by atoms with van der Waals surface area (Å²) >= 11 is 0. The zero-order chi connectivity index (χ0) is 16.1. The van der Waals surface area contributed by atoms with Crippen molar-refractivity contribution in [1.29, 1.82) is 0 Å². The number of rotatable bonds is 4. The number of carbonyl (C=O) groups is 1. The fourth-order valence-corrected chi connectivity index (χ4v) is 3.38. The molecule has 1 aromatic rings. The van der Waals surface area contributed by atoms with Crippen LogP contribution in [0.25, 0.3) is 6.08 Å². The molecule has 23 heavy (non-hydrogen) atoms. The Balaban J connectivity index is 1.55. The van der Waals surface area contributed by atoms with Crippen molar-refractivity contribution in [3.63, 3.8) is 0 Å². The van der Waals surface area contributed by atoms with Gasteiger partial charge in [0.25, 0.3) is 0 Å². The Kier molecular flexibility index (Phi) is 5.43. The van der Waals surface area contributed by atoms with Gasteiger partial charge >= 0.3 is 0 Å². The van der Waals surface area contributed by atoms with Crippen LogP contribution < -0.4 is 5.32 Å². The molecule has 7 heteroatoms. The van der Waals surface area contributed by atoms with Gasteiger partial charge < -0.3 is 20.1 Å². The molecule has 2 heterocycles. The van der Waals surface area contributed by atoms with E-state index in [0.717, 1.165) is 38.0 Å². The SMILES string of the molecule is O=C(/C=C/c1cnc[nH]1)N[C@@H]1CCC[C@@H](N2CCOCC2)[C@@H]1O. The number of aromatic amines is 1. The molecule has 1 saturated carbocycles. The Hall–Kier alpha value is -1.70. The summed E-state index contributed by atoms with van der Waals surface area (Å²) in [4.78, 5) is 21.1. The molecular formula is C16H24N4O3. The van der Waals surface area contributed by atoms with Gasteiger partial charge in [-0.2, -0.15) is 0 Å². The first-order chi connectivity index (χ1) is 11.2. The molecule has 3 atom stereocenters. The van der Waals surface area contributed by atoms with Crippen LogP contribution in [0.4, 0.5) is 0 Å². The van der Waals surface area contributed by atoms with Gasteiger partial charge in [-0.15, -0.1) is 0 Å². The number of H-pyrrole nitrogens is 1. The molecule has 126 valence electrons. The second-order valence-corrected chi connectivity index (χ2v) is 6.09. The lowest BCUT2D eigenvalue weighted by atomic mass is 9.86. The highest BCUT2D eigenvalue weighted by atomic mass is 16.5. The maximum atomic E-state index is 12.1. The average molecular weight is 320 g/mol. The van der Waals surface area contributed by atoms with Gasteiger partial charge in [0.2, 0.25) is 5.91 Å². The van der Waals surface area contributed by atoms with Gasteiger partial charge in [0, 0.05) is 25.2 Å². The Bertz CT molecular complexity index is 525. The molecule has 1 aromatic heterocycles. The van der Waals surface area contributed by atoms with E-state index in [9.17, 15) is 9.90 Å². The van der Waals surface area contributed by atoms with E-state index in [0.29, 0.717) is 13.2 Å². The molecule has 2 aliphatic rings. The number of nitrogens with one attached hydrogen (secondary N) is 2. The van der Waals surface area contributed by atoms with Crippen LogP contribution in [0.5, 0.6) is 0 Å². The van der Waals surface area contributed by atoms with Crippen molar-refractivity contribution in [2.45, 2.75) is 37.5 Å². The monoisotopic (exact) mass is 320 g/mol. The first kappa shape index (κ1) is 16.2. The van der Waals surface area contributed by atoms with Crippen LogP contribution in [0.1, 0.15) is 25.0 Å². The Morgan fingerprint density at radius 2 is 2.26 bits per heavy atom. The lowest BCUT2D eigenvalue weighted by molar-refractivity contribution is -0.119. The van der Waals surface area contributed by atoms with E-state index in [1.54, 1.807) is 18.6 Å². The highest BCUT2D eigenvalue weighted by Crippen LogP contribution is 2.24. The minimum Gasteiger partial charge on any atom is -0.389 e. The highest BCUT2D eigenvalue weighted by molar-refractivity contribution is 5.91. The average Bonchev–Trinajstić information content (AvgIpc) is 3.09. The molecule has 3 N–H and O–H groups in total. The third-order valence-corrected chi connectivity index (χ3v) is 4.60. The van der Waals surface area contributed by atoms with Crippen molar-refractivity contribution in [2.24, 2.45) is 0 Å². The van der Waals surface area contributed by atoms with Gasteiger partial charge in [-0.25, -0.2) is 4.98 Å². The fourth-order valence-electron chi connectivity index (χ4n) is 3.38. The van der Waals surface area contributed by atoms with Crippen molar-refractivity contribution in [1.82, 2.24) is 20.2 Å². The van der Waals surface area contributed by atoms with E-state index in [1.807, 2.05) is 0 Å². The van der Waals surface area contributed by atoms with Gasteiger partial charge in [0.1, 0.15) is 0 Å². The predicted octanol–water partition coefficient (Wildman–Crippen LogP) is 0.153. The maximum Gasteiger partial charge on any atom is 0.244 e. The van der Waals surface area contributed by atoms with Gasteiger partial charge in [-0.05, 0) is 25.3 Å². The summed E-state index contributed by atoms with van der Waals surface area (Å²) in [5, 5.41) is 13.6. The van der Waals surface area contributed by atoms with Crippen LogP contribution in [0.2, 0.25) is 0 Å². The summed E-state index contributed by atoms with van der Waals surface area (Å²) in [6.07, 6.45) is 8.61. The van der Waals surface area contributed by atoms with E-state index in [1.165, 1.54) is 6.08 Å². The topological polar surface area (TPSA) is 90.5 Å². The Labute approximate surface area is 135 Å². The van der Waals surface area contributed by atoms with Gasteiger partial charge in [-0.1, -0.05) is 0 Å². The summed E-state index contributed by atoms with van der Waals surface area (Å²) in [5.74, 6) is -0.189. The molecule has 0 bridgehead atoms. The quantitative estimate of drug-likeness (QED) is 0.687. The molecule has 1 aliphatic heterocycles. The van der Waals surface area contributed by atoms with Crippen molar-refractivity contribution in [3.8, 4) is 0 Å². The van der Waals surface area contributed by atoms with Gasteiger partial charge in [0.05, 0.1) is 43.6 Å². The summed E-state index contributed by atoms with van der Waals surface area (Å²) in [6.45, 7) is 3.13. The van der Waals surface area contributed by atoms with E-state index in [2.05, 4.69) is 20.2 Å². The number of hydrogen-bond acceptors (Lipinski definition) is 5.